The van der Waals surface area contributed by atoms with Crippen molar-refractivity contribution in [2.24, 2.45) is 0 Å². The summed E-state index contributed by atoms with van der Waals surface area (Å²) in [4.78, 5) is 25.3. The quantitative estimate of drug-likeness (QED) is 0.150. The van der Waals surface area contributed by atoms with Gasteiger partial charge in [0.2, 0.25) is 5.69 Å². The summed E-state index contributed by atoms with van der Waals surface area (Å²) >= 11 is 0. The molecule has 0 bridgehead atoms. The minimum absolute atomic E-state index is 0.0398. The molecule has 2 heterocycles. The highest BCUT2D eigenvalue weighted by molar-refractivity contribution is 6.07. The number of aliphatic carboxylic acids is 2. The molecule has 0 saturated heterocycles. The van der Waals surface area contributed by atoms with Crippen molar-refractivity contribution in [2.75, 3.05) is 18.0 Å². The number of fused-ring (bicyclic) bond motifs is 6. The predicted molar refractivity (Wildman–Crippen MR) is 182 cm³/mol. The molecule has 0 amide bonds. The average molecular weight is 600 g/mol. The molecule has 6 rings (SSSR count). The summed E-state index contributed by atoms with van der Waals surface area (Å²) in [5, 5.41) is 23.7. The third kappa shape index (κ3) is 5.24. The molecule has 6 nitrogen and oxygen atoms in total. The molecular formula is C39H39N2O4+. The van der Waals surface area contributed by atoms with Crippen LogP contribution in [0.3, 0.4) is 0 Å². The number of carboxylic acid groups (broad SMARTS) is 2. The Morgan fingerprint density at radius 1 is 0.733 bits per heavy atom. The van der Waals surface area contributed by atoms with Crippen LogP contribution in [0.4, 0.5) is 11.4 Å². The van der Waals surface area contributed by atoms with Crippen molar-refractivity contribution in [3.63, 3.8) is 0 Å². The zero-order valence-electron chi connectivity index (χ0n) is 26.2. The van der Waals surface area contributed by atoms with Crippen LogP contribution in [0, 0.1) is 0 Å². The van der Waals surface area contributed by atoms with E-state index in [-0.39, 0.29) is 23.7 Å². The predicted octanol–water partition coefficient (Wildman–Crippen LogP) is 8.11. The number of allylic oxidation sites excluding steroid dienone is 6. The van der Waals surface area contributed by atoms with E-state index >= 15 is 0 Å². The number of benzene rings is 4. The molecule has 0 atom stereocenters. The van der Waals surface area contributed by atoms with Crippen LogP contribution in [0.5, 0.6) is 0 Å². The second-order valence-electron chi connectivity index (χ2n) is 12.9. The number of nitrogens with zero attached hydrogens (tertiary/aromatic N) is 2. The van der Waals surface area contributed by atoms with Crippen molar-refractivity contribution in [1.29, 1.82) is 0 Å². The summed E-state index contributed by atoms with van der Waals surface area (Å²) in [6.45, 7) is 9.58. The van der Waals surface area contributed by atoms with Gasteiger partial charge in [0.15, 0.2) is 12.3 Å². The Labute approximate surface area is 263 Å². The van der Waals surface area contributed by atoms with Crippen LogP contribution in [0.25, 0.3) is 21.5 Å². The Morgan fingerprint density at radius 3 is 2.02 bits per heavy atom. The van der Waals surface area contributed by atoms with Crippen LogP contribution in [-0.2, 0) is 20.4 Å². The lowest BCUT2D eigenvalue weighted by atomic mass is 9.79. The van der Waals surface area contributed by atoms with E-state index < -0.39 is 11.9 Å². The van der Waals surface area contributed by atoms with Gasteiger partial charge in [-0.1, -0.05) is 86.7 Å². The molecule has 6 heteroatoms. The summed E-state index contributed by atoms with van der Waals surface area (Å²) < 4.78 is 2.15. The fraction of sp³-hybridized carbons (Fsp3) is 0.256. The molecule has 4 aromatic carbocycles. The van der Waals surface area contributed by atoms with Crippen molar-refractivity contribution >= 4 is 50.6 Å². The summed E-state index contributed by atoms with van der Waals surface area (Å²) in [6.07, 6.45) is 10.3. The largest absolute Gasteiger partial charge is 0.481 e. The Balaban J connectivity index is 1.36. The number of carbonyl (C=O) groups is 2. The molecule has 0 radical (unpaired) electrons. The van der Waals surface area contributed by atoms with E-state index in [0.717, 1.165) is 22.8 Å². The zero-order chi connectivity index (χ0) is 31.9. The molecule has 0 saturated carbocycles. The van der Waals surface area contributed by atoms with Crippen molar-refractivity contribution < 1.29 is 24.4 Å². The Bertz CT molecular complexity index is 1980. The van der Waals surface area contributed by atoms with Gasteiger partial charge in [0.1, 0.15) is 6.42 Å². The number of hydrogen-bond acceptors (Lipinski definition) is 3. The van der Waals surface area contributed by atoms with E-state index in [1.807, 2.05) is 30.4 Å². The Hall–Kier alpha value is -4.97. The van der Waals surface area contributed by atoms with Gasteiger partial charge in [-0.3, -0.25) is 9.59 Å². The first-order chi connectivity index (χ1) is 21.5. The van der Waals surface area contributed by atoms with Gasteiger partial charge in [0, 0.05) is 41.1 Å². The minimum atomic E-state index is -0.822. The zero-order valence-corrected chi connectivity index (χ0v) is 26.2. The van der Waals surface area contributed by atoms with Crippen LogP contribution in [0.1, 0.15) is 51.7 Å². The lowest BCUT2D eigenvalue weighted by Gasteiger charge is -2.26. The monoisotopic (exact) mass is 599 g/mol. The van der Waals surface area contributed by atoms with Crippen LogP contribution >= 0.6 is 0 Å². The molecule has 45 heavy (non-hydrogen) atoms. The van der Waals surface area contributed by atoms with Crippen molar-refractivity contribution in [3.8, 4) is 0 Å². The maximum Gasteiger partial charge on any atom is 0.309 e. The topological polar surface area (TPSA) is 80.9 Å². The molecule has 0 spiro atoms. The first kappa shape index (κ1) is 30.1. The van der Waals surface area contributed by atoms with Gasteiger partial charge in [-0.25, -0.2) is 0 Å². The second-order valence-corrected chi connectivity index (χ2v) is 12.9. The SMILES string of the molecule is CC1(C)C(/C=C/C=C/C=C2/N(CCC(=O)O)c3ccc4ccccc4c3C2(C)C)=[N+](CCC(=O)O)c2ccc3ccccc3c21. The molecule has 2 aliphatic heterocycles. The molecule has 0 fully saturated rings. The lowest BCUT2D eigenvalue weighted by molar-refractivity contribution is -0.436. The molecule has 228 valence electrons. The lowest BCUT2D eigenvalue weighted by Crippen LogP contribution is -2.28. The van der Waals surface area contributed by atoms with E-state index in [2.05, 4.69) is 110 Å². The maximum absolute atomic E-state index is 11.6. The van der Waals surface area contributed by atoms with E-state index in [0.29, 0.717) is 13.1 Å². The summed E-state index contributed by atoms with van der Waals surface area (Å²) in [7, 11) is 0. The van der Waals surface area contributed by atoms with E-state index in [1.165, 1.54) is 32.7 Å². The molecule has 0 aliphatic carbocycles. The number of anilines is 1. The van der Waals surface area contributed by atoms with Gasteiger partial charge in [0.25, 0.3) is 0 Å². The number of hydrogen-bond donors (Lipinski definition) is 2. The highest BCUT2D eigenvalue weighted by Crippen LogP contribution is 2.51. The molecule has 0 aromatic heterocycles. The standard InChI is InChI=1S/C39H38N2O4/c1-38(2)32(40(24-22-34(42)43)30-20-18-26-12-8-10-14-28(26)36(30)38)16-6-5-7-17-33-39(3,4)37-29-15-11-9-13-27(29)19-21-31(37)41(33)25-23-35(44)45/h5-21H,22-25H2,1-4H3,(H-,42,43,44,45)/p+1. The Morgan fingerprint density at radius 2 is 1.36 bits per heavy atom. The van der Waals surface area contributed by atoms with Crippen molar-refractivity contribution in [3.05, 3.63) is 120 Å². The fourth-order valence-corrected chi connectivity index (χ4v) is 7.32. The summed E-state index contributed by atoms with van der Waals surface area (Å²) in [5.74, 6) is -1.64. The first-order valence-corrected chi connectivity index (χ1v) is 15.5. The average Bonchev–Trinajstić information content (AvgIpc) is 3.37. The molecular weight excluding hydrogens is 560 g/mol. The molecule has 4 aromatic rings. The van der Waals surface area contributed by atoms with Crippen molar-refractivity contribution in [2.45, 2.75) is 51.4 Å². The van der Waals surface area contributed by atoms with Gasteiger partial charge in [-0.05, 0) is 59.2 Å². The van der Waals surface area contributed by atoms with Gasteiger partial charge in [-0.15, -0.1) is 0 Å². The van der Waals surface area contributed by atoms with Crippen LogP contribution < -0.4 is 4.90 Å². The fourth-order valence-electron chi connectivity index (χ4n) is 7.32. The minimum Gasteiger partial charge on any atom is -0.481 e. The van der Waals surface area contributed by atoms with E-state index in [4.69, 9.17) is 0 Å². The highest BCUT2D eigenvalue weighted by atomic mass is 16.4. The van der Waals surface area contributed by atoms with Gasteiger partial charge in [0.05, 0.1) is 11.8 Å². The van der Waals surface area contributed by atoms with Crippen LogP contribution in [0.2, 0.25) is 0 Å². The van der Waals surface area contributed by atoms with Crippen molar-refractivity contribution in [1.82, 2.24) is 0 Å². The second kappa shape index (κ2) is 11.5. The number of carboxylic acids is 2. The van der Waals surface area contributed by atoms with Gasteiger partial charge in [-0.2, -0.15) is 4.58 Å². The van der Waals surface area contributed by atoms with Crippen LogP contribution in [0.15, 0.2) is 109 Å². The first-order valence-electron chi connectivity index (χ1n) is 15.5. The molecule has 0 unspecified atom stereocenters. The molecule has 2 aliphatic rings. The number of rotatable bonds is 9. The summed E-state index contributed by atoms with van der Waals surface area (Å²) in [6, 6.07) is 25.1. The maximum atomic E-state index is 11.6. The third-order valence-corrected chi connectivity index (χ3v) is 9.34. The smallest absolute Gasteiger partial charge is 0.309 e. The van der Waals surface area contributed by atoms with E-state index in [9.17, 15) is 19.8 Å². The third-order valence-electron chi connectivity index (χ3n) is 9.34. The normalized spacial score (nSPS) is 17.7. The van der Waals surface area contributed by atoms with Crippen LogP contribution in [-0.4, -0.2) is 45.5 Å². The van der Waals surface area contributed by atoms with Gasteiger partial charge >= 0.3 is 11.9 Å². The molecule has 2 N–H and O–H groups in total. The Kier molecular flexibility index (Phi) is 7.69. The summed E-state index contributed by atoms with van der Waals surface area (Å²) in [5.41, 5.74) is 5.97. The highest BCUT2D eigenvalue weighted by Gasteiger charge is 2.45. The van der Waals surface area contributed by atoms with Gasteiger partial charge < -0.3 is 15.1 Å². The van der Waals surface area contributed by atoms with E-state index in [1.54, 1.807) is 0 Å².